The highest BCUT2D eigenvalue weighted by Gasteiger charge is 2.45. The Labute approximate surface area is 141 Å². The van der Waals surface area contributed by atoms with Gasteiger partial charge in [-0.1, -0.05) is 13.8 Å². The average Bonchev–Trinajstić information content (AvgIpc) is 3.10. The Morgan fingerprint density at radius 2 is 2.24 bits per heavy atom. The van der Waals surface area contributed by atoms with E-state index in [0.29, 0.717) is 0 Å². The standard InChI is InChI=1S/C14H19FN6O4/c1-5(2)12(24)20-14-18-10(16)8-11(19-14)21(4-17-8)13-7(15)9(23)6(3-22)25-13/h4-7,9,13,22-23H,3H2,1-2H3,(H3,16,18,19,20,24)/t6-,7+,9-,13-/m1/s1. The quantitative estimate of drug-likeness (QED) is 0.579. The van der Waals surface area contributed by atoms with E-state index in [1.807, 2.05) is 0 Å². The minimum absolute atomic E-state index is 0.00969. The number of rotatable bonds is 4. The maximum atomic E-state index is 14.3. The van der Waals surface area contributed by atoms with Gasteiger partial charge >= 0.3 is 0 Å². The van der Waals surface area contributed by atoms with E-state index in [-0.39, 0.29) is 34.8 Å². The summed E-state index contributed by atoms with van der Waals surface area (Å²) in [5.74, 6) is -0.631. The zero-order valence-corrected chi connectivity index (χ0v) is 13.6. The summed E-state index contributed by atoms with van der Waals surface area (Å²) < 4.78 is 20.9. The van der Waals surface area contributed by atoms with Crippen LogP contribution in [0.2, 0.25) is 0 Å². The number of nitrogens with two attached hydrogens (primary N) is 1. The van der Waals surface area contributed by atoms with Crippen LogP contribution in [0, 0.1) is 5.92 Å². The Morgan fingerprint density at radius 3 is 2.84 bits per heavy atom. The van der Waals surface area contributed by atoms with Crippen LogP contribution in [0.25, 0.3) is 11.2 Å². The minimum Gasteiger partial charge on any atom is -0.394 e. The molecule has 2 aromatic heterocycles. The van der Waals surface area contributed by atoms with Gasteiger partial charge in [0.05, 0.1) is 12.9 Å². The lowest BCUT2D eigenvalue weighted by atomic mass is 10.1. The van der Waals surface area contributed by atoms with Crippen molar-refractivity contribution in [3.8, 4) is 0 Å². The number of nitrogens with zero attached hydrogens (tertiary/aromatic N) is 4. The van der Waals surface area contributed by atoms with Crippen LogP contribution < -0.4 is 11.1 Å². The highest BCUT2D eigenvalue weighted by atomic mass is 19.1. The Balaban J connectivity index is 2.00. The number of aliphatic hydroxyl groups excluding tert-OH is 2. The van der Waals surface area contributed by atoms with E-state index in [0.717, 1.165) is 0 Å². The summed E-state index contributed by atoms with van der Waals surface area (Å²) in [6.07, 6.45) is -4.31. The van der Waals surface area contributed by atoms with E-state index in [1.165, 1.54) is 10.9 Å². The van der Waals surface area contributed by atoms with Crippen LogP contribution in [0.3, 0.4) is 0 Å². The van der Waals surface area contributed by atoms with Crippen molar-refractivity contribution in [1.29, 1.82) is 0 Å². The van der Waals surface area contributed by atoms with Crippen LogP contribution in [-0.4, -0.2) is 60.6 Å². The van der Waals surface area contributed by atoms with Gasteiger partial charge in [-0.2, -0.15) is 9.97 Å². The average molecular weight is 354 g/mol. The molecule has 3 rings (SSSR count). The lowest BCUT2D eigenvalue weighted by Gasteiger charge is -2.15. The van der Waals surface area contributed by atoms with Gasteiger partial charge in [0.1, 0.15) is 17.7 Å². The predicted molar refractivity (Wildman–Crippen MR) is 85.1 cm³/mol. The van der Waals surface area contributed by atoms with E-state index in [1.54, 1.807) is 13.8 Å². The van der Waals surface area contributed by atoms with Crippen molar-refractivity contribution in [2.24, 2.45) is 5.92 Å². The summed E-state index contributed by atoms with van der Waals surface area (Å²) in [6.45, 7) is 2.88. The van der Waals surface area contributed by atoms with Crippen LogP contribution in [-0.2, 0) is 9.53 Å². The van der Waals surface area contributed by atoms with Crippen LogP contribution >= 0.6 is 0 Å². The number of fused-ring (bicyclic) bond motifs is 1. The fourth-order valence-corrected chi connectivity index (χ4v) is 2.51. The minimum atomic E-state index is -1.79. The normalized spacial score (nSPS) is 26.5. The maximum Gasteiger partial charge on any atom is 0.233 e. The summed E-state index contributed by atoms with van der Waals surface area (Å²) in [6, 6.07) is 0. The highest BCUT2D eigenvalue weighted by molar-refractivity contribution is 5.92. The topological polar surface area (TPSA) is 148 Å². The number of nitrogens with one attached hydrogen (secondary N) is 1. The fourth-order valence-electron chi connectivity index (χ4n) is 2.51. The van der Waals surface area contributed by atoms with Crippen LogP contribution in [0.4, 0.5) is 16.2 Å². The Kier molecular flexibility index (Phi) is 4.54. The Morgan fingerprint density at radius 1 is 1.52 bits per heavy atom. The molecule has 3 heterocycles. The van der Waals surface area contributed by atoms with Gasteiger partial charge in [-0.05, 0) is 0 Å². The van der Waals surface area contributed by atoms with Crippen LogP contribution in [0.15, 0.2) is 6.33 Å². The monoisotopic (exact) mass is 354 g/mol. The van der Waals surface area contributed by atoms with Crippen LogP contribution in [0.5, 0.6) is 0 Å². The van der Waals surface area contributed by atoms with Gasteiger partial charge in [0.25, 0.3) is 0 Å². The fraction of sp³-hybridized carbons (Fsp3) is 0.571. The van der Waals surface area contributed by atoms with E-state index in [2.05, 4.69) is 20.3 Å². The van der Waals surface area contributed by atoms with Crippen molar-refractivity contribution in [2.75, 3.05) is 17.7 Å². The van der Waals surface area contributed by atoms with Gasteiger partial charge in [-0.25, -0.2) is 9.37 Å². The SMILES string of the molecule is CC(C)C(=O)Nc1nc(N)c2ncn([C@@H]3O[C@H](CO)[C@@H](O)[C@@H]3F)c2n1. The first-order chi connectivity index (χ1) is 11.8. The molecule has 0 bridgehead atoms. The van der Waals surface area contributed by atoms with Gasteiger partial charge < -0.3 is 20.7 Å². The molecular formula is C14H19FN6O4. The molecule has 5 N–H and O–H groups in total. The molecule has 4 atom stereocenters. The van der Waals surface area contributed by atoms with E-state index < -0.39 is 31.2 Å². The number of hydrogen-bond donors (Lipinski definition) is 4. The largest absolute Gasteiger partial charge is 0.394 e. The number of hydrogen-bond acceptors (Lipinski definition) is 8. The number of ether oxygens (including phenoxy) is 1. The number of carbonyl (C=O) groups is 1. The van der Waals surface area contributed by atoms with Gasteiger partial charge in [0.2, 0.25) is 11.9 Å². The molecular weight excluding hydrogens is 335 g/mol. The maximum absolute atomic E-state index is 14.3. The zero-order valence-electron chi connectivity index (χ0n) is 13.6. The lowest BCUT2D eigenvalue weighted by Crippen LogP contribution is -2.30. The molecule has 0 aliphatic carbocycles. The number of aliphatic hydroxyl groups is 2. The molecule has 10 nitrogen and oxygen atoms in total. The summed E-state index contributed by atoms with van der Waals surface area (Å²) in [5.41, 5.74) is 6.19. The molecule has 0 spiro atoms. The Hall–Kier alpha value is -2.37. The first-order valence-corrected chi connectivity index (χ1v) is 7.72. The zero-order chi connectivity index (χ0) is 18.3. The highest BCUT2D eigenvalue weighted by Crippen LogP contribution is 2.34. The third-order valence-electron chi connectivity index (χ3n) is 3.96. The molecule has 136 valence electrons. The molecule has 25 heavy (non-hydrogen) atoms. The number of anilines is 2. The van der Waals surface area contributed by atoms with Crippen LogP contribution in [0.1, 0.15) is 20.1 Å². The van der Waals surface area contributed by atoms with Crippen molar-refractivity contribution in [1.82, 2.24) is 19.5 Å². The first-order valence-electron chi connectivity index (χ1n) is 7.72. The molecule has 1 aliphatic heterocycles. The van der Waals surface area contributed by atoms with Gasteiger partial charge in [0, 0.05) is 5.92 Å². The summed E-state index contributed by atoms with van der Waals surface area (Å²) >= 11 is 0. The lowest BCUT2D eigenvalue weighted by molar-refractivity contribution is -0.118. The summed E-state index contributed by atoms with van der Waals surface area (Å²) in [7, 11) is 0. The van der Waals surface area contributed by atoms with Gasteiger partial charge in [-0.3, -0.25) is 14.7 Å². The molecule has 11 heteroatoms. The smallest absolute Gasteiger partial charge is 0.233 e. The van der Waals surface area contributed by atoms with E-state index in [9.17, 15) is 14.3 Å². The van der Waals surface area contributed by atoms with E-state index >= 15 is 0 Å². The number of imidazole rings is 1. The third-order valence-corrected chi connectivity index (χ3v) is 3.96. The van der Waals surface area contributed by atoms with Crippen molar-refractivity contribution in [3.05, 3.63) is 6.33 Å². The molecule has 1 fully saturated rings. The van der Waals surface area contributed by atoms with E-state index in [4.69, 9.17) is 15.6 Å². The van der Waals surface area contributed by atoms with Gasteiger partial charge in [-0.15, -0.1) is 0 Å². The van der Waals surface area contributed by atoms with Gasteiger partial charge in [0.15, 0.2) is 23.9 Å². The van der Waals surface area contributed by atoms with Crippen molar-refractivity contribution >= 4 is 28.8 Å². The summed E-state index contributed by atoms with van der Waals surface area (Å²) in [4.78, 5) is 24.0. The number of amides is 1. The number of alkyl halides is 1. The molecule has 0 radical (unpaired) electrons. The number of carbonyl (C=O) groups excluding carboxylic acids is 1. The second-order valence-corrected chi connectivity index (χ2v) is 6.08. The first kappa shape index (κ1) is 17.5. The molecule has 1 amide bonds. The third kappa shape index (κ3) is 3.01. The number of halogens is 1. The Bertz CT molecular complexity index is 797. The summed E-state index contributed by atoms with van der Waals surface area (Å²) in [5, 5.41) is 21.4. The predicted octanol–water partition coefficient (Wildman–Crippen LogP) is -0.408. The molecule has 0 unspecified atom stereocenters. The van der Waals surface area contributed by atoms with Crippen molar-refractivity contribution in [2.45, 2.75) is 38.5 Å². The second-order valence-electron chi connectivity index (χ2n) is 6.08. The molecule has 2 aromatic rings. The van der Waals surface area contributed by atoms with Crippen molar-refractivity contribution in [3.63, 3.8) is 0 Å². The molecule has 0 saturated carbocycles. The molecule has 1 aliphatic rings. The number of nitrogen functional groups attached to an aromatic ring is 1. The second kappa shape index (κ2) is 6.50. The number of aromatic nitrogens is 4. The molecule has 1 saturated heterocycles. The molecule has 0 aromatic carbocycles. The van der Waals surface area contributed by atoms with Crippen molar-refractivity contribution < 1.29 is 24.1 Å².